The summed E-state index contributed by atoms with van der Waals surface area (Å²) >= 11 is 0. The molecule has 16 heteroatoms. The smallest absolute Gasteiger partial charge is 0.185 e. The van der Waals surface area contributed by atoms with Crippen LogP contribution in [0.2, 0.25) is 0 Å². The number of nitrogens with zero attached hydrogens (tertiary/aromatic N) is 2. The van der Waals surface area contributed by atoms with E-state index in [9.17, 15) is 20.4 Å². The number of hydrogen-bond acceptors (Lipinski definition) is 14. The lowest BCUT2D eigenvalue weighted by Gasteiger charge is -2.48. The Bertz CT molecular complexity index is 998. The van der Waals surface area contributed by atoms with Gasteiger partial charge in [-0.3, -0.25) is 9.98 Å². The van der Waals surface area contributed by atoms with Gasteiger partial charge in [0.1, 0.15) is 47.3 Å². The number of ether oxygens (including phenoxy) is 4. The lowest BCUT2D eigenvalue weighted by Crippen LogP contribution is -2.68. The molecule has 0 spiro atoms. The van der Waals surface area contributed by atoms with Crippen LogP contribution in [0.3, 0.4) is 0 Å². The van der Waals surface area contributed by atoms with Crippen LogP contribution in [0, 0.1) is 0 Å². The van der Waals surface area contributed by atoms with Crippen molar-refractivity contribution >= 4 is 11.7 Å². The highest BCUT2D eigenvalue weighted by Gasteiger charge is 2.52. The van der Waals surface area contributed by atoms with Gasteiger partial charge in [0.05, 0.1) is 43.4 Å². The standard InChI is InChI=1S/C27H52N8O8/c1-12(28)22(31)34-10-13-5-6-14(29)23(41-13)42-19-15(30)9-16(35-25(32)27(39)7-4-8-27)20(17(19)36)43-24-18(37)21(33-3)26(2,38)11-40-24/h12-21,23-24,33,36-39H,4-11,28-30H2,1-3H3,(H2,31,34)(H2,32,35). The quantitative estimate of drug-likeness (QED) is 0.0829. The maximum atomic E-state index is 11.7. The Kier molecular flexibility index (Phi) is 11.1. The van der Waals surface area contributed by atoms with Crippen LogP contribution in [0.4, 0.5) is 0 Å². The van der Waals surface area contributed by atoms with Gasteiger partial charge < -0.3 is 73.4 Å². The minimum absolute atomic E-state index is 0.0318. The van der Waals surface area contributed by atoms with Crippen molar-refractivity contribution in [1.29, 1.82) is 0 Å². The molecule has 2 saturated carbocycles. The molecule has 16 nitrogen and oxygen atoms in total. The van der Waals surface area contributed by atoms with E-state index in [1.54, 1.807) is 14.0 Å². The average Bonchev–Trinajstić information content (AvgIpc) is 2.92. The summed E-state index contributed by atoms with van der Waals surface area (Å²) in [5, 5.41) is 47.0. The fourth-order valence-electron chi connectivity index (χ4n) is 6.13. The highest BCUT2D eigenvalue weighted by Crippen LogP contribution is 2.36. The number of aliphatic imine (C=N–C) groups is 2. The average molecular weight is 617 g/mol. The fourth-order valence-corrected chi connectivity index (χ4v) is 6.13. The van der Waals surface area contributed by atoms with E-state index in [0.717, 1.165) is 6.42 Å². The Morgan fingerprint density at radius 2 is 1.72 bits per heavy atom. The van der Waals surface area contributed by atoms with E-state index in [2.05, 4.69) is 15.3 Å². The number of nitrogens with one attached hydrogen (secondary N) is 1. The molecule has 0 radical (unpaired) electrons. The molecule has 4 aliphatic rings. The molecule has 43 heavy (non-hydrogen) atoms. The van der Waals surface area contributed by atoms with Gasteiger partial charge in [0.2, 0.25) is 0 Å². The summed E-state index contributed by atoms with van der Waals surface area (Å²) in [5.74, 6) is 0.344. The van der Waals surface area contributed by atoms with Gasteiger partial charge in [0.15, 0.2) is 12.6 Å². The first-order valence-corrected chi connectivity index (χ1v) is 15.1. The van der Waals surface area contributed by atoms with Gasteiger partial charge in [-0.05, 0) is 59.4 Å². The number of nitrogens with two attached hydrogens (primary N) is 5. The predicted octanol–water partition coefficient (Wildman–Crippen LogP) is -3.92. The molecule has 2 aliphatic heterocycles. The van der Waals surface area contributed by atoms with E-state index in [-0.39, 0.29) is 37.6 Å². The van der Waals surface area contributed by atoms with Crippen molar-refractivity contribution < 1.29 is 39.4 Å². The first-order valence-electron chi connectivity index (χ1n) is 15.1. The molecule has 13 atom stereocenters. The van der Waals surface area contributed by atoms with Gasteiger partial charge in [-0.1, -0.05) is 0 Å². The number of amidine groups is 2. The summed E-state index contributed by atoms with van der Waals surface area (Å²) < 4.78 is 24.2. The Morgan fingerprint density at radius 3 is 2.33 bits per heavy atom. The molecule has 0 bridgehead atoms. The third kappa shape index (κ3) is 7.65. The van der Waals surface area contributed by atoms with E-state index < -0.39 is 72.4 Å². The fraction of sp³-hybridized carbons (Fsp3) is 0.926. The molecule has 4 fully saturated rings. The third-order valence-corrected chi connectivity index (χ3v) is 9.12. The van der Waals surface area contributed by atoms with Crippen LogP contribution in [0.1, 0.15) is 52.4 Å². The van der Waals surface area contributed by atoms with Crippen LogP contribution >= 0.6 is 0 Å². The molecule has 0 aromatic rings. The second kappa shape index (κ2) is 13.8. The number of likely N-dealkylation sites (N-methyl/N-ethyl adjacent to an activating group) is 1. The van der Waals surface area contributed by atoms with Gasteiger partial charge in [-0.2, -0.15) is 0 Å². The van der Waals surface area contributed by atoms with Gasteiger partial charge in [-0.15, -0.1) is 0 Å². The Labute approximate surface area is 252 Å². The SMILES string of the molecule is CNC1C(O)C(OC2C(N=C(N)C3(O)CCC3)CC(N)C(OC3OC(CN=C(N)C(C)N)CCC3N)C2O)OCC1(C)O. The predicted molar refractivity (Wildman–Crippen MR) is 158 cm³/mol. The number of aliphatic hydroxyl groups is 4. The van der Waals surface area contributed by atoms with E-state index in [1.165, 1.54) is 6.92 Å². The summed E-state index contributed by atoms with van der Waals surface area (Å²) in [4.78, 5) is 8.87. The van der Waals surface area contributed by atoms with Gasteiger partial charge in [0, 0.05) is 6.04 Å². The molecule has 2 heterocycles. The highest BCUT2D eigenvalue weighted by atomic mass is 16.7. The molecule has 13 unspecified atom stereocenters. The summed E-state index contributed by atoms with van der Waals surface area (Å²) in [6.45, 7) is 3.41. The van der Waals surface area contributed by atoms with Crippen molar-refractivity contribution in [3.8, 4) is 0 Å². The van der Waals surface area contributed by atoms with Crippen LogP contribution in [-0.2, 0) is 18.9 Å². The first kappa shape index (κ1) is 34.3. The van der Waals surface area contributed by atoms with Crippen molar-refractivity contribution in [2.45, 2.75) is 137 Å². The van der Waals surface area contributed by atoms with E-state index in [1.807, 2.05) is 0 Å². The maximum Gasteiger partial charge on any atom is 0.185 e. The summed E-state index contributed by atoms with van der Waals surface area (Å²) in [6, 6.07) is -3.20. The third-order valence-electron chi connectivity index (χ3n) is 9.12. The maximum absolute atomic E-state index is 11.7. The van der Waals surface area contributed by atoms with E-state index in [4.69, 9.17) is 47.6 Å². The zero-order valence-corrected chi connectivity index (χ0v) is 25.3. The molecule has 15 N–H and O–H groups in total. The van der Waals surface area contributed by atoms with E-state index in [0.29, 0.717) is 31.5 Å². The summed E-state index contributed by atoms with van der Waals surface area (Å²) in [6.07, 6.45) is -4.11. The molecule has 2 saturated heterocycles. The molecule has 248 valence electrons. The van der Waals surface area contributed by atoms with Gasteiger partial charge >= 0.3 is 0 Å². The molecular weight excluding hydrogens is 564 g/mol. The summed E-state index contributed by atoms with van der Waals surface area (Å²) in [7, 11) is 1.60. The Morgan fingerprint density at radius 1 is 1.05 bits per heavy atom. The van der Waals surface area contributed by atoms with Gasteiger partial charge in [-0.25, -0.2) is 0 Å². The van der Waals surface area contributed by atoms with Crippen molar-refractivity contribution in [2.24, 2.45) is 38.7 Å². The Hall–Kier alpha value is -1.54. The number of rotatable bonds is 10. The zero-order valence-electron chi connectivity index (χ0n) is 25.3. The van der Waals surface area contributed by atoms with Crippen molar-refractivity contribution in [3.63, 3.8) is 0 Å². The molecule has 4 rings (SSSR count). The first-order chi connectivity index (χ1) is 20.2. The second-order valence-electron chi connectivity index (χ2n) is 12.8. The van der Waals surface area contributed by atoms with Crippen LogP contribution in [0.5, 0.6) is 0 Å². The second-order valence-corrected chi connectivity index (χ2v) is 12.8. The summed E-state index contributed by atoms with van der Waals surface area (Å²) in [5.41, 5.74) is 28.2. The topological polar surface area (TPSA) is 285 Å². The molecule has 0 amide bonds. The minimum atomic E-state index is -1.38. The largest absolute Gasteiger partial charge is 0.388 e. The normalized spacial score (nSPS) is 44.9. The van der Waals surface area contributed by atoms with Crippen molar-refractivity contribution in [3.05, 3.63) is 0 Å². The van der Waals surface area contributed by atoms with Crippen LogP contribution in [-0.4, -0.2) is 137 Å². The Balaban J connectivity index is 1.53. The number of hydrogen-bond donors (Lipinski definition) is 10. The zero-order chi connectivity index (χ0) is 31.7. The van der Waals surface area contributed by atoms with Crippen molar-refractivity contribution in [1.82, 2.24) is 5.32 Å². The molecular formula is C27H52N8O8. The lowest BCUT2D eigenvalue weighted by atomic mass is 9.78. The highest BCUT2D eigenvalue weighted by molar-refractivity contribution is 5.89. The molecule has 0 aromatic carbocycles. The van der Waals surface area contributed by atoms with E-state index >= 15 is 0 Å². The van der Waals surface area contributed by atoms with Crippen molar-refractivity contribution in [2.75, 3.05) is 20.2 Å². The van der Waals surface area contributed by atoms with Crippen LogP contribution < -0.4 is 34.0 Å². The van der Waals surface area contributed by atoms with Gasteiger partial charge in [0.25, 0.3) is 0 Å². The lowest BCUT2D eigenvalue weighted by molar-refractivity contribution is -0.306. The molecule has 2 aliphatic carbocycles. The van der Waals surface area contributed by atoms with Crippen LogP contribution in [0.25, 0.3) is 0 Å². The van der Waals surface area contributed by atoms with Crippen LogP contribution in [0.15, 0.2) is 9.98 Å². The number of aliphatic hydroxyl groups excluding tert-OH is 2. The minimum Gasteiger partial charge on any atom is -0.388 e. The molecule has 0 aromatic heterocycles. The monoisotopic (exact) mass is 616 g/mol.